The lowest BCUT2D eigenvalue weighted by Gasteiger charge is -2.12. The van der Waals surface area contributed by atoms with Gasteiger partial charge in [-0.3, -0.25) is 9.78 Å². The molecule has 3 aromatic heterocycles. The van der Waals surface area contributed by atoms with E-state index in [4.69, 9.17) is 9.72 Å². The minimum Gasteiger partial charge on any atom is -0.439 e. The predicted octanol–water partition coefficient (Wildman–Crippen LogP) is 5.13. The fraction of sp³-hybridized carbons (Fsp3) is 0.130. The van der Waals surface area contributed by atoms with Gasteiger partial charge in [-0.05, 0) is 67.1 Å². The standard InChI is InChI=1S/C23H18N4O2S/c28-22(16-10-13-30-14-16)25-17-4-6-18(7-5-17)29-23-19-2-1-3-20(19)26-21(27-23)15-8-11-24-12-9-15/h4-14H,1-3H2,(H,25,28). The van der Waals surface area contributed by atoms with E-state index >= 15 is 0 Å². The topological polar surface area (TPSA) is 77.0 Å². The molecule has 1 aliphatic carbocycles. The summed E-state index contributed by atoms with van der Waals surface area (Å²) >= 11 is 1.49. The second kappa shape index (κ2) is 8.04. The van der Waals surface area contributed by atoms with Crippen LogP contribution in [0, 0.1) is 0 Å². The smallest absolute Gasteiger partial charge is 0.256 e. The van der Waals surface area contributed by atoms with Gasteiger partial charge in [0.1, 0.15) is 5.75 Å². The quantitative estimate of drug-likeness (QED) is 0.490. The highest BCUT2D eigenvalue weighted by Crippen LogP contribution is 2.33. The number of amides is 1. The Kier molecular flexibility index (Phi) is 4.94. The Morgan fingerprint density at radius 2 is 1.83 bits per heavy atom. The molecule has 0 aliphatic heterocycles. The number of anilines is 1. The van der Waals surface area contributed by atoms with Crippen molar-refractivity contribution in [2.24, 2.45) is 0 Å². The molecule has 0 bridgehead atoms. The second-order valence-electron chi connectivity index (χ2n) is 6.96. The molecule has 5 rings (SSSR count). The number of fused-ring (bicyclic) bond motifs is 1. The molecule has 4 aromatic rings. The molecule has 148 valence electrons. The molecule has 0 fully saturated rings. The van der Waals surface area contributed by atoms with E-state index in [-0.39, 0.29) is 5.91 Å². The van der Waals surface area contributed by atoms with Crippen LogP contribution in [0.2, 0.25) is 0 Å². The van der Waals surface area contributed by atoms with Crippen molar-refractivity contribution < 1.29 is 9.53 Å². The fourth-order valence-corrected chi connectivity index (χ4v) is 4.06. The highest BCUT2D eigenvalue weighted by Gasteiger charge is 2.21. The van der Waals surface area contributed by atoms with Crippen LogP contribution in [0.1, 0.15) is 28.0 Å². The molecule has 0 unspecified atom stereocenters. The van der Waals surface area contributed by atoms with E-state index < -0.39 is 0 Å². The number of benzene rings is 1. The third-order valence-electron chi connectivity index (χ3n) is 4.94. The van der Waals surface area contributed by atoms with Gasteiger partial charge < -0.3 is 10.1 Å². The largest absolute Gasteiger partial charge is 0.439 e. The number of hydrogen-bond donors (Lipinski definition) is 1. The van der Waals surface area contributed by atoms with Crippen LogP contribution >= 0.6 is 11.3 Å². The first kappa shape index (κ1) is 18.4. The molecule has 7 heteroatoms. The van der Waals surface area contributed by atoms with Crippen molar-refractivity contribution >= 4 is 22.9 Å². The number of rotatable bonds is 5. The van der Waals surface area contributed by atoms with E-state index in [9.17, 15) is 4.79 Å². The zero-order valence-electron chi connectivity index (χ0n) is 16.0. The summed E-state index contributed by atoms with van der Waals surface area (Å²) in [5, 5.41) is 6.59. The summed E-state index contributed by atoms with van der Waals surface area (Å²) in [6.45, 7) is 0. The number of ether oxygens (including phenoxy) is 1. The molecule has 0 spiro atoms. The predicted molar refractivity (Wildman–Crippen MR) is 116 cm³/mol. The van der Waals surface area contributed by atoms with Gasteiger partial charge in [0.25, 0.3) is 5.91 Å². The number of pyridine rings is 1. The zero-order valence-corrected chi connectivity index (χ0v) is 16.9. The molecule has 0 radical (unpaired) electrons. The number of aromatic nitrogens is 3. The molecule has 1 N–H and O–H groups in total. The van der Waals surface area contributed by atoms with Gasteiger partial charge in [-0.2, -0.15) is 16.3 Å². The molecule has 1 aromatic carbocycles. The van der Waals surface area contributed by atoms with Crippen LogP contribution in [0.25, 0.3) is 11.4 Å². The molecular formula is C23H18N4O2S. The van der Waals surface area contributed by atoms with Gasteiger partial charge in [0, 0.05) is 34.6 Å². The van der Waals surface area contributed by atoms with Gasteiger partial charge in [-0.25, -0.2) is 4.98 Å². The molecule has 0 atom stereocenters. The maximum Gasteiger partial charge on any atom is 0.256 e. The van der Waals surface area contributed by atoms with Gasteiger partial charge in [0.2, 0.25) is 5.88 Å². The third kappa shape index (κ3) is 3.79. The van der Waals surface area contributed by atoms with Crippen molar-refractivity contribution in [3.8, 4) is 23.0 Å². The molecule has 0 saturated carbocycles. The van der Waals surface area contributed by atoms with Crippen molar-refractivity contribution in [1.82, 2.24) is 15.0 Å². The van der Waals surface area contributed by atoms with Crippen LogP contribution in [0.4, 0.5) is 5.69 Å². The number of carbonyl (C=O) groups excluding carboxylic acids is 1. The first-order valence-electron chi connectivity index (χ1n) is 9.68. The zero-order chi connectivity index (χ0) is 20.3. The number of hydrogen-bond acceptors (Lipinski definition) is 6. The molecule has 1 amide bonds. The minimum atomic E-state index is -0.125. The van der Waals surface area contributed by atoms with Crippen LogP contribution in [0.15, 0.2) is 65.6 Å². The lowest BCUT2D eigenvalue weighted by Crippen LogP contribution is -2.10. The van der Waals surface area contributed by atoms with Crippen LogP contribution in [-0.4, -0.2) is 20.9 Å². The summed E-state index contributed by atoms with van der Waals surface area (Å²) in [4.78, 5) is 25.7. The first-order valence-corrected chi connectivity index (χ1v) is 10.6. The number of nitrogens with zero attached hydrogens (tertiary/aromatic N) is 3. The highest BCUT2D eigenvalue weighted by molar-refractivity contribution is 7.08. The molecule has 0 saturated heterocycles. The summed E-state index contributed by atoms with van der Waals surface area (Å²) in [5.74, 6) is 1.78. The van der Waals surface area contributed by atoms with Crippen molar-refractivity contribution in [1.29, 1.82) is 0 Å². The van der Waals surface area contributed by atoms with Crippen molar-refractivity contribution in [2.75, 3.05) is 5.32 Å². The van der Waals surface area contributed by atoms with E-state index in [1.54, 1.807) is 18.5 Å². The minimum absolute atomic E-state index is 0.125. The SMILES string of the molecule is O=C(Nc1ccc(Oc2nc(-c3ccncc3)nc3c2CCC3)cc1)c1ccsc1. The van der Waals surface area contributed by atoms with E-state index in [0.29, 0.717) is 28.7 Å². The van der Waals surface area contributed by atoms with Crippen LogP contribution < -0.4 is 10.1 Å². The van der Waals surface area contributed by atoms with Crippen molar-refractivity contribution in [3.63, 3.8) is 0 Å². The molecular weight excluding hydrogens is 396 g/mol. The van der Waals surface area contributed by atoms with Crippen molar-refractivity contribution in [2.45, 2.75) is 19.3 Å². The number of aryl methyl sites for hydroxylation is 1. The summed E-state index contributed by atoms with van der Waals surface area (Å²) < 4.78 is 6.14. The van der Waals surface area contributed by atoms with Gasteiger partial charge in [-0.1, -0.05) is 0 Å². The van der Waals surface area contributed by atoms with E-state index in [0.717, 1.165) is 36.1 Å². The Bertz CT molecular complexity index is 1180. The van der Waals surface area contributed by atoms with Gasteiger partial charge in [0.05, 0.1) is 11.3 Å². The Morgan fingerprint density at radius 3 is 2.60 bits per heavy atom. The number of carbonyl (C=O) groups is 1. The second-order valence-corrected chi connectivity index (χ2v) is 7.74. The normalized spacial score (nSPS) is 12.4. The maximum absolute atomic E-state index is 12.2. The Morgan fingerprint density at radius 1 is 1.00 bits per heavy atom. The molecule has 3 heterocycles. The van der Waals surface area contributed by atoms with E-state index in [2.05, 4.69) is 15.3 Å². The van der Waals surface area contributed by atoms with Gasteiger partial charge in [0.15, 0.2) is 5.82 Å². The average Bonchev–Trinajstić information content (AvgIpc) is 3.48. The average molecular weight is 414 g/mol. The first-order chi connectivity index (χ1) is 14.8. The van der Waals surface area contributed by atoms with Gasteiger partial charge >= 0.3 is 0 Å². The van der Waals surface area contributed by atoms with Gasteiger partial charge in [-0.15, -0.1) is 0 Å². The van der Waals surface area contributed by atoms with Crippen LogP contribution in [0.3, 0.4) is 0 Å². The van der Waals surface area contributed by atoms with Crippen LogP contribution in [-0.2, 0) is 12.8 Å². The monoisotopic (exact) mass is 414 g/mol. The summed E-state index contributed by atoms with van der Waals surface area (Å²) in [6, 6.07) is 12.9. The summed E-state index contributed by atoms with van der Waals surface area (Å²) in [6.07, 6.45) is 6.36. The number of thiophene rings is 1. The summed E-state index contributed by atoms with van der Waals surface area (Å²) in [7, 11) is 0. The fourth-order valence-electron chi connectivity index (χ4n) is 3.43. The molecule has 6 nitrogen and oxygen atoms in total. The van der Waals surface area contributed by atoms with Crippen LogP contribution in [0.5, 0.6) is 11.6 Å². The van der Waals surface area contributed by atoms with E-state index in [1.165, 1.54) is 11.3 Å². The molecule has 30 heavy (non-hydrogen) atoms. The van der Waals surface area contributed by atoms with Crippen molar-refractivity contribution in [3.05, 3.63) is 82.4 Å². The lowest BCUT2D eigenvalue weighted by molar-refractivity contribution is 0.102. The number of nitrogens with one attached hydrogen (secondary N) is 1. The molecule has 1 aliphatic rings. The van der Waals surface area contributed by atoms with E-state index in [1.807, 2.05) is 47.2 Å². The maximum atomic E-state index is 12.2. The Balaban J connectivity index is 1.38. The summed E-state index contributed by atoms with van der Waals surface area (Å²) in [5.41, 5.74) is 4.40. The lowest BCUT2D eigenvalue weighted by atomic mass is 10.2. The Hall–Kier alpha value is -3.58. The Labute approximate surface area is 177 Å². The third-order valence-corrected chi connectivity index (χ3v) is 5.63. The highest BCUT2D eigenvalue weighted by atomic mass is 32.1.